The predicted octanol–water partition coefficient (Wildman–Crippen LogP) is 4.01. The summed E-state index contributed by atoms with van der Waals surface area (Å²) < 4.78 is 15.9. The van der Waals surface area contributed by atoms with Gasteiger partial charge in [0.05, 0.1) is 23.8 Å². The fourth-order valence-corrected chi connectivity index (χ4v) is 2.74. The normalized spacial score (nSPS) is 10.5. The van der Waals surface area contributed by atoms with Crippen molar-refractivity contribution in [1.29, 1.82) is 0 Å². The number of hydrazone groups is 1. The minimum atomic E-state index is -0.573. The van der Waals surface area contributed by atoms with E-state index in [0.717, 1.165) is 0 Å². The van der Waals surface area contributed by atoms with Gasteiger partial charge in [0.2, 0.25) is 0 Å². The molecule has 0 heterocycles. The van der Waals surface area contributed by atoms with Gasteiger partial charge in [0.1, 0.15) is 5.75 Å². The fraction of sp³-hybridized carbons (Fsp3) is 0.0870. The number of carbonyl (C=O) groups is 2. The molecule has 0 atom stereocenters. The second-order valence-corrected chi connectivity index (χ2v) is 7.08. The number of esters is 1. The minimum absolute atomic E-state index is 0.0809. The number of amides is 1. The van der Waals surface area contributed by atoms with Gasteiger partial charge in [-0.3, -0.25) is 14.9 Å². The molecule has 0 aliphatic heterocycles. The van der Waals surface area contributed by atoms with Gasteiger partial charge in [0.25, 0.3) is 11.6 Å². The number of nitrogens with zero attached hydrogens (tertiary/aromatic N) is 2. The van der Waals surface area contributed by atoms with Crippen LogP contribution in [-0.4, -0.2) is 36.7 Å². The van der Waals surface area contributed by atoms with E-state index in [-0.39, 0.29) is 18.0 Å². The lowest BCUT2D eigenvalue weighted by Crippen LogP contribution is -2.24. The van der Waals surface area contributed by atoms with Gasteiger partial charge in [0, 0.05) is 17.2 Å². The number of hydrogen-bond donors (Lipinski definition) is 1. The molecule has 3 aromatic carbocycles. The van der Waals surface area contributed by atoms with E-state index in [2.05, 4.69) is 10.5 Å². The van der Waals surface area contributed by atoms with Crippen molar-refractivity contribution in [2.24, 2.45) is 5.10 Å². The average Bonchev–Trinajstić information content (AvgIpc) is 2.84. The smallest absolute Gasteiger partial charge is 0.343 e. The lowest BCUT2D eigenvalue weighted by molar-refractivity contribution is -0.384. The van der Waals surface area contributed by atoms with Crippen LogP contribution >= 0.6 is 11.6 Å². The van der Waals surface area contributed by atoms with E-state index in [0.29, 0.717) is 27.6 Å². The van der Waals surface area contributed by atoms with Crippen LogP contribution in [0.25, 0.3) is 0 Å². The van der Waals surface area contributed by atoms with Crippen LogP contribution < -0.4 is 19.6 Å². The molecule has 34 heavy (non-hydrogen) atoms. The Bertz CT molecular complexity index is 1210. The van der Waals surface area contributed by atoms with Crippen molar-refractivity contribution in [1.82, 2.24) is 5.43 Å². The predicted molar refractivity (Wildman–Crippen MR) is 124 cm³/mol. The van der Waals surface area contributed by atoms with E-state index < -0.39 is 16.8 Å². The summed E-state index contributed by atoms with van der Waals surface area (Å²) >= 11 is 5.82. The van der Waals surface area contributed by atoms with Crippen LogP contribution in [0.3, 0.4) is 0 Å². The summed E-state index contributed by atoms with van der Waals surface area (Å²) in [6.07, 6.45) is 1.37. The van der Waals surface area contributed by atoms with E-state index in [1.165, 1.54) is 43.7 Å². The standard InChI is InChI=1S/C23H18ClN3O7/c1-32-21-12-15(2-11-20(21)34-23(29)16-3-5-17(24)6-4-16)13-25-26-22(28)14-33-19-9-7-18(8-10-19)27(30)31/h2-13H,14H2,1H3,(H,26,28). The number of halogens is 1. The molecule has 1 N–H and O–H groups in total. The third-order valence-electron chi connectivity index (χ3n) is 4.29. The molecule has 3 rings (SSSR count). The van der Waals surface area contributed by atoms with E-state index in [1.807, 2.05) is 0 Å². The van der Waals surface area contributed by atoms with E-state index in [1.54, 1.807) is 36.4 Å². The maximum atomic E-state index is 12.3. The van der Waals surface area contributed by atoms with Crippen molar-refractivity contribution in [2.45, 2.75) is 0 Å². The molecule has 0 radical (unpaired) electrons. The molecule has 0 unspecified atom stereocenters. The summed E-state index contributed by atoms with van der Waals surface area (Å²) in [7, 11) is 1.42. The number of rotatable bonds is 9. The van der Waals surface area contributed by atoms with Crippen LogP contribution in [0.2, 0.25) is 5.02 Å². The topological polar surface area (TPSA) is 129 Å². The van der Waals surface area contributed by atoms with E-state index in [9.17, 15) is 19.7 Å². The molecule has 0 spiro atoms. The summed E-state index contributed by atoms with van der Waals surface area (Å²) in [6.45, 7) is -0.335. The Hall–Kier alpha value is -4.44. The van der Waals surface area contributed by atoms with Gasteiger partial charge in [-0.05, 0) is 60.2 Å². The van der Waals surface area contributed by atoms with Gasteiger partial charge in [-0.2, -0.15) is 5.10 Å². The minimum Gasteiger partial charge on any atom is -0.493 e. The van der Waals surface area contributed by atoms with Crippen LogP contribution in [0.4, 0.5) is 5.69 Å². The Balaban J connectivity index is 1.54. The van der Waals surface area contributed by atoms with E-state index in [4.69, 9.17) is 25.8 Å². The second kappa shape index (κ2) is 11.4. The van der Waals surface area contributed by atoms with E-state index >= 15 is 0 Å². The second-order valence-electron chi connectivity index (χ2n) is 6.64. The summed E-state index contributed by atoms with van der Waals surface area (Å²) in [5, 5.41) is 15.0. The average molecular weight is 484 g/mol. The van der Waals surface area contributed by atoms with Crippen molar-refractivity contribution in [3.63, 3.8) is 0 Å². The third kappa shape index (κ3) is 6.78. The largest absolute Gasteiger partial charge is 0.493 e. The Kier molecular flexibility index (Phi) is 8.14. The fourth-order valence-electron chi connectivity index (χ4n) is 2.62. The highest BCUT2D eigenvalue weighted by Gasteiger charge is 2.13. The maximum Gasteiger partial charge on any atom is 0.343 e. The Labute approximate surface area is 198 Å². The maximum absolute atomic E-state index is 12.3. The number of ether oxygens (including phenoxy) is 3. The summed E-state index contributed by atoms with van der Waals surface area (Å²) in [5.41, 5.74) is 3.12. The summed E-state index contributed by atoms with van der Waals surface area (Å²) in [4.78, 5) is 34.3. The van der Waals surface area contributed by atoms with Gasteiger partial charge in [-0.15, -0.1) is 0 Å². The van der Waals surface area contributed by atoms with Crippen molar-refractivity contribution in [2.75, 3.05) is 13.7 Å². The van der Waals surface area contributed by atoms with Crippen LogP contribution in [0, 0.1) is 10.1 Å². The van der Waals surface area contributed by atoms with Gasteiger partial charge < -0.3 is 14.2 Å². The van der Waals surface area contributed by atoms with Crippen LogP contribution in [-0.2, 0) is 4.79 Å². The molecular weight excluding hydrogens is 466 g/mol. The highest BCUT2D eigenvalue weighted by Crippen LogP contribution is 2.28. The van der Waals surface area contributed by atoms with Gasteiger partial charge in [-0.1, -0.05) is 11.6 Å². The van der Waals surface area contributed by atoms with Crippen molar-refractivity contribution < 1.29 is 28.7 Å². The Morgan fingerprint density at radius 1 is 1.06 bits per heavy atom. The van der Waals surface area contributed by atoms with Gasteiger partial charge in [0.15, 0.2) is 18.1 Å². The third-order valence-corrected chi connectivity index (χ3v) is 4.54. The summed E-state index contributed by atoms with van der Waals surface area (Å²) in [6, 6.07) is 16.3. The van der Waals surface area contributed by atoms with Crippen LogP contribution in [0.15, 0.2) is 71.8 Å². The first kappa shape index (κ1) is 24.2. The molecule has 3 aromatic rings. The number of nitro benzene ring substituents is 1. The molecule has 0 aliphatic carbocycles. The number of carbonyl (C=O) groups excluding carboxylic acids is 2. The first-order chi connectivity index (χ1) is 16.4. The molecule has 0 aliphatic rings. The van der Waals surface area contributed by atoms with Crippen LogP contribution in [0.5, 0.6) is 17.2 Å². The Morgan fingerprint density at radius 2 is 1.76 bits per heavy atom. The molecule has 10 nitrogen and oxygen atoms in total. The number of hydrogen-bond acceptors (Lipinski definition) is 8. The molecule has 0 bridgehead atoms. The zero-order valence-electron chi connectivity index (χ0n) is 17.8. The molecule has 1 amide bonds. The Morgan fingerprint density at radius 3 is 2.41 bits per heavy atom. The van der Waals surface area contributed by atoms with Crippen molar-refractivity contribution >= 4 is 35.4 Å². The molecule has 11 heteroatoms. The molecule has 0 fully saturated rings. The SMILES string of the molecule is COc1cc(C=NNC(=O)COc2ccc([N+](=O)[O-])cc2)ccc1OC(=O)c1ccc(Cl)cc1. The zero-order chi connectivity index (χ0) is 24.5. The quantitative estimate of drug-likeness (QED) is 0.160. The summed E-state index contributed by atoms with van der Waals surface area (Å²) in [5.74, 6) is -0.302. The number of nitro groups is 1. The lowest BCUT2D eigenvalue weighted by atomic mass is 10.2. The van der Waals surface area contributed by atoms with Gasteiger partial charge in [-0.25, -0.2) is 10.2 Å². The van der Waals surface area contributed by atoms with Gasteiger partial charge >= 0.3 is 5.97 Å². The molecular formula is C23H18ClN3O7. The van der Waals surface area contributed by atoms with Crippen molar-refractivity contribution in [3.05, 3.63) is 93.0 Å². The number of methoxy groups -OCH3 is 1. The number of benzene rings is 3. The monoisotopic (exact) mass is 483 g/mol. The molecule has 0 saturated carbocycles. The molecule has 0 saturated heterocycles. The molecule has 174 valence electrons. The van der Waals surface area contributed by atoms with Crippen LogP contribution in [0.1, 0.15) is 15.9 Å². The lowest BCUT2D eigenvalue weighted by Gasteiger charge is -2.10. The highest BCUT2D eigenvalue weighted by atomic mass is 35.5. The highest BCUT2D eigenvalue weighted by molar-refractivity contribution is 6.30. The molecule has 0 aromatic heterocycles. The first-order valence-corrected chi connectivity index (χ1v) is 10.1. The zero-order valence-corrected chi connectivity index (χ0v) is 18.5. The number of non-ortho nitro benzene ring substituents is 1. The number of nitrogens with one attached hydrogen (secondary N) is 1. The first-order valence-electron chi connectivity index (χ1n) is 9.70. The van der Waals surface area contributed by atoms with Crippen molar-refractivity contribution in [3.8, 4) is 17.2 Å².